The van der Waals surface area contributed by atoms with E-state index in [0.717, 1.165) is 48.0 Å². The van der Waals surface area contributed by atoms with Crippen molar-refractivity contribution in [2.24, 2.45) is 5.92 Å². The highest BCUT2D eigenvalue weighted by molar-refractivity contribution is 6.04. The lowest BCUT2D eigenvalue weighted by molar-refractivity contribution is 0.101. The lowest BCUT2D eigenvalue weighted by Crippen LogP contribution is -2.20. The van der Waals surface area contributed by atoms with Gasteiger partial charge in [0.05, 0.1) is 0 Å². The van der Waals surface area contributed by atoms with Gasteiger partial charge in [-0.15, -0.1) is 0 Å². The van der Waals surface area contributed by atoms with E-state index in [1.807, 2.05) is 49.6 Å². The van der Waals surface area contributed by atoms with Crippen molar-refractivity contribution in [3.05, 3.63) is 60.2 Å². The fourth-order valence-electron chi connectivity index (χ4n) is 4.04. The second-order valence-corrected chi connectivity index (χ2v) is 8.44. The van der Waals surface area contributed by atoms with Crippen LogP contribution in [0.5, 0.6) is 0 Å². The van der Waals surface area contributed by atoms with E-state index < -0.39 is 0 Å². The minimum atomic E-state index is -0.0780. The van der Waals surface area contributed by atoms with Crippen LogP contribution in [-0.4, -0.2) is 33.5 Å². The molecule has 0 spiro atoms. The Balaban J connectivity index is 1.41. The van der Waals surface area contributed by atoms with Crippen LogP contribution in [0.3, 0.4) is 0 Å². The molecule has 2 aliphatic rings. The molecule has 2 aromatic heterocycles. The van der Waals surface area contributed by atoms with E-state index in [1.54, 1.807) is 0 Å². The van der Waals surface area contributed by atoms with Crippen LogP contribution in [0.15, 0.2) is 48.9 Å². The Labute approximate surface area is 177 Å². The van der Waals surface area contributed by atoms with Crippen molar-refractivity contribution < 1.29 is 4.79 Å². The first-order valence-corrected chi connectivity index (χ1v) is 10.8. The highest BCUT2D eigenvalue weighted by Crippen LogP contribution is 2.33. The quantitative estimate of drug-likeness (QED) is 0.660. The van der Waals surface area contributed by atoms with Crippen molar-refractivity contribution in [1.29, 1.82) is 0 Å². The second-order valence-electron chi connectivity index (χ2n) is 8.44. The van der Waals surface area contributed by atoms with Crippen molar-refractivity contribution in [3.8, 4) is 11.1 Å². The highest BCUT2D eigenvalue weighted by atomic mass is 16.1. The van der Waals surface area contributed by atoms with Crippen LogP contribution in [0.25, 0.3) is 11.1 Å². The van der Waals surface area contributed by atoms with E-state index in [-0.39, 0.29) is 5.91 Å². The number of anilines is 2. The molecule has 1 aliphatic heterocycles. The molecule has 154 valence electrons. The molecule has 0 unspecified atom stereocenters. The van der Waals surface area contributed by atoms with E-state index in [1.165, 1.54) is 25.7 Å². The third-order valence-electron chi connectivity index (χ3n) is 6.03. The number of carbonyl (C=O) groups excluding carboxylic acids is 1. The number of hydrogen-bond donors (Lipinski definition) is 1. The molecule has 2 fully saturated rings. The summed E-state index contributed by atoms with van der Waals surface area (Å²) in [6.07, 6.45) is 10.7. The molecule has 6 heteroatoms. The summed E-state index contributed by atoms with van der Waals surface area (Å²) in [6.45, 7) is 4.94. The maximum absolute atomic E-state index is 13.1. The SMILES string of the molecule is Cc1ccccc1NC(=O)c1cc(-c2cnc(N3CCCC3)nc2)cn1CC1CC1. The zero-order chi connectivity index (χ0) is 20.5. The molecule has 6 nitrogen and oxygen atoms in total. The van der Waals surface area contributed by atoms with Gasteiger partial charge >= 0.3 is 0 Å². The Morgan fingerprint density at radius 3 is 2.53 bits per heavy atom. The van der Waals surface area contributed by atoms with Gasteiger partial charge in [0, 0.05) is 55.0 Å². The molecule has 0 radical (unpaired) electrons. The molecule has 0 atom stereocenters. The number of nitrogens with one attached hydrogen (secondary N) is 1. The summed E-state index contributed by atoms with van der Waals surface area (Å²) in [7, 11) is 0. The molecule has 5 rings (SSSR count). The van der Waals surface area contributed by atoms with Gasteiger partial charge in [-0.1, -0.05) is 18.2 Å². The summed E-state index contributed by atoms with van der Waals surface area (Å²) in [6, 6.07) is 9.82. The van der Waals surface area contributed by atoms with Crippen LogP contribution in [-0.2, 0) is 6.54 Å². The van der Waals surface area contributed by atoms with Crippen LogP contribution < -0.4 is 10.2 Å². The van der Waals surface area contributed by atoms with Crippen molar-refractivity contribution in [2.45, 2.75) is 39.2 Å². The van der Waals surface area contributed by atoms with Gasteiger partial charge in [0.2, 0.25) is 5.95 Å². The number of aromatic nitrogens is 3. The Bertz CT molecular complexity index is 1050. The van der Waals surface area contributed by atoms with Gasteiger partial charge in [0.25, 0.3) is 5.91 Å². The first kappa shape index (κ1) is 18.9. The molecular formula is C24H27N5O. The number of amides is 1. The van der Waals surface area contributed by atoms with Gasteiger partial charge < -0.3 is 14.8 Å². The zero-order valence-corrected chi connectivity index (χ0v) is 17.3. The number of carbonyl (C=O) groups is 1. The van der Waals surface area contributed by atoms with Crippen molar-refractivity contribution in [3.63, 3.8) is 0 Å². The van der Waals surface area contributed by atoms with Crippen LogP contribution in [0.1, 0.15) is 41.7 Å². The molecule has 3 heterocycles. The third kappa shape index (κ3) is 3.95. The smallest absolute Gasteiger partial charge is 0.272 e. The molecule has 1 N–H and O–H groups in total. The van der Waals surface area contributed by atoms with Gasteiger partial charge in [-0.25, -0.2) is 9.97 Å². The summed E-state index contributed by atoms with van der Waals surface area (Å²) in [5.74, 6) is 1.39. The van der Waals surface area contributed by atoms with Gasteiger partial charge in [-0.2, -0.15) is 0 Å². The number of para-hydroxylation sites is 1. The summed E-state index contributed by atoms with van der Waals surface area (Å²) in [5, 5.41) is 3.07. The zero-order valence-electron chi connectivity index (χ0n) is 17.3. The van der Waals surface area contributed by atoms with Gasteiger partial charge in [-0.05, 0) is 56.2 Å². The number of benzene rings is 1. The van der Waals surface area contributed by atoms with Crippen LogP contribution in [0.4, 0.5) is 11.6 Å². The van der Waals surface area contributed by atoms with Crippen molar-refractivity contribution in [2.75, 3.05) is 23.3 Å². The second kappa shape index (κ2) is 7.94. The fraction of sp³-hybridized carbons (Fsp3) is 0.375. The normalized spacial score (nSPS) is 16.1. The average molecular weight is 402 g/mol. The lowest BCUT2D eigenvalue weighted by Gasteiger charge is -2.14. The first-order valence-electron chi connectivity index (χ1n) is 10.8. The minimum absolute atomic E-state index is 0.0780. The Hall–Kier alpha value is -3.15. The van der Waals surface area contributed by atoms with Gasteiger partial charge in [0.1, 0.15) is 5.69 Å². The topological polar surface area (TPSA) is 63.1 Å². The first-order chi connectivity index (χ1) is 14.7. The van der Waals surface area contributed by atoms with E-state index >= 15 is 0 Å². The molecule has 30 heavy (non-hydrogen) atoms. The molecule has 1 saturated heterocycles. The maximum Gasteiger partial charge on any atom is 0.272 e. The Kier molecular flexibility index (Phi) is 4.99. The molecule has 0 bridgehead atoms. The predicted molar refractivity (Wildman–Crippen MR) is 119 cm³/mol. The maximum atomic E-state index is 13.1. The minimum Gasteiger partial charge on any atom is -0.343 e. The number of aryl methyl sites for hydroxylation is 1. The fourth-order valence-corrected chi connectivity index (χ4v) is 4.04. The number of hydrogen-bond acceptors (Lipinski definition) is 4. The largest absolute Gasteiger partial charge is 0.343 e. The van der Waals surface area contributed by atoms with Crippen molar-refractivity contribution in [1.82, 2.24) is 14.5 Å². The molecular weight excluding hydrogens is 374 g/mol. The predicted octanol–water partition coefficient (Wildman–Crippen LogP) is 4.52. The summed E-state index contributed by atoms with van der Waals surface area (Å²) >= 11 is 0. The molecule has 1 aliphatic carbocycles. The molecule has 1 saturated carbocycles. The van der Waals surface area contributed by atoms with Gasteiger partial charge in [-0.3, -0.25) is 4.79 Å². The number of rotatable bonds is 6. The monoisotopic (exact) mass is 401 g/mol. The van der Waals surface area contributed by atoms with E-state index in [0.29, 0.717) is 11.6 Å². The van der Waals surface area contributed by atoms with E-state index in [4.69, 9.17) is 0 Å². The van der Waals surface area contributed by atoms with Crippen LogP contribution in [0.2, 0.25) is 0 Å². The third-order valence-corrected chi connectivity index (χ3v) is 6.03. The molecule has 3 aromatic rings. The van der Waals surface area contributed by atoms with Gasteiger partial charge in [0.15, 0.2) is 0 Å². The Morgan fingerprint density at radius 1 is 1.10 bits per heavy atom. The van der Waals surface area contributed by atoms with E-state index in [9.17, 15) is 4.79 Å². The van der Waals surface area contributed by atoms with Crippen LogP contribution in [0, 0.1) is 12.8 Å². The summed E-state index contributed by atoms with van der Waals surface area (Å²) in [5.41, 5.74) is 4.51. The number of nitrogens with zero attached hydrogens (tertiary/aromatic N) is 4. The standard InChI is InChI=1S/C24H27N5O/c1-17-6-2-3-7-21(17)27-23(30)22-12-19(16-29(22)15-18-8-9-18)20-13-25-24(26-14-20)28-10-4-5-11-28/h2-3,6-7,12-14,16,18H,4-5,8-11,15H2,1H3,(H,27,30). The summed E-state index contributed by atoms with van der Waals surface area (Å²) in [4.78, 5) is 24.5. The highest BCUT2D eigenvalue weighted by Gasteiger charge is 2.25. The molecule has 1 aromatic carbocycles. The van der Waals surface area contributed by atoms with E-state index in [2.05, 4.69) is 30.9 Å². The lowest BCUT2D eigenvalue weighted by atomic mass is 10.1. The molecule has 1 amide bonds. The average Bonchev–Trinajstić information content (AvgIpc) is 3.24. The van der Waals surface area contributed by atoms with Crippen LogP contribution >= 0.6 is 0 Å². The van der Waals surface area contributed by atoms with Crippen molar-refractivity contribution >= 4 is 17.5 Å². The summed E-state index contributed by atoms with van der Waals surface area (Å²) < 4.78 is 2.09. The Morgan fingerprint density at radius 2 is 1.83 bits per heavy atom.